The zero-order chi connectivity index (χ0) is 14.5. The average Bonchev–Trinajstić information content (AvgIpc) is 2.42. The maximum absolute atomic E-state index is 13.5. The van der Waals surface area contributed by atoms with E-state index in [1.54, 1.807) is 18.2 Å². The van der Waals surface area contributed by atoms with Crippen molar-refractivity contribution < 1.29 is 14.3 Å². The Kier molecular flexibility index (Phi) is 4.58. The molecule has 0 aromatic heterocycles. The van der Waals surface area contributed by atoms with Gasteiger partial charge in [0.05, 0.1) is 6.42 Å². The number of para-hydroxylation sites is 1. The van der Waals surface area contributed by atoms with E-state index in [-0.39, 0.29) is 35.2 Å². The van der Waals surface area contributed by atoms with Crippen LogP contribution in [0.5, 0.6) is 5.75 Å². The number of carbonyl (C=O) groups is 1. The zero-order valence-electron chi connectivity index (χ0n) is 10.6. The van der Waals surface area contributed by atoms with Gasteiger partial charge in [0.25, 0.3) is 0 Å². The lowest BCUT2D eigenvalue weighted by Crippen LogP contribution is -2.25. The van der Waals surface area contributed by atoms with Crippen molar-refractivity contribution in [2.45, 2.75) is 13.0 Å². The number of benzene rings is 2. The quantitative estimate of drug-likeness (QED) is 0.910. The number of amides is 1. The van der Waals surface area contributed by atoms with E-state index in [9.17, 15) is 14.3 Å². The van der Waals surface area contributed by atoms with E-state index < -0.39 is 5.82 Å². The van der Waals surface area contributed by atoms with Crippen molar-refractivity contribution in [1.29, 1.82) is 0 Å². The summed E-state index contributed by atoms with van der Waals surface area (Å²) >= 11 is 5.86. The van der Waals surface area contributed by atoms with Gasteiger partial charge in [-0.05, 0) is 18.2 Å². The highest BCUT2D eigenvalue weighted by molar-refractivity contribution is 6.31. The lowest BCUT2D eigenvalue weighted by atomic mass is 10.1. The highest BCUT2D eigenvalue weighted by Gasteiger charge is 2.12. The standard InChI is InChI=1S/C15H13ClFNO2/c16-12-5-3-6-13(17)11(12)8-15(20)18-9-10-4-1-2-7-14(10)19/h1-7,19H,8-9H2,(H,18,20). The van der Waals surface area contributed by atoms with Crippen molar-refractivity contribution in [2.75, 3.05) is 0 Å². The molecule has 20 heavy (non-hydrogen) atoms. The van der Waals surface area contributed by atoms with E-state index >= 15 is 0 Å². The van der Waals surface area contributed by atoms with Crippen molar-refractivity contribution in [3.63, 3.8) is 0 Å². The lowest BCUT2D eigenvalue weighted by molar-refractivity contribution is -0.120. The molecular weight excluding hydrogens is 281 g/mol. The molecule has 3 nitrogen and oxygen atoms in total. The summed E-state index contributed by atoms with van der Waals surface area (Å²) in [6.07, 6.45) is -0.140. The molecule has 0 saturated carbocycles. The third-order valence-corrected chi connectivity index (χ3v) is 3.22. The van der Waals surface area contributed by atoms with Crippen LogP contribution < -0.4 is 5.32 Å². The SMILES string of the molecule is O=C(Cc1c(F)cccc1Cl)NCc1ccccc1O. The molecular formula is C15H13ClFNO2. The van der Waals surface area contributed by atoms with Crippen LogP contribution in [0.2, 0.25) is 5.02 Å². The first kappa shape index (κ1) is 14.3. The monoisotopic (exact) mass is 293 g/mol. The van der Waals surface area contributed by atoms with Crippen molar-refractivity contribution in [3.8, 4) is 5.75 Å². The summed E-state index contributed by atoms with van der Waals surface area (Å²) < 4.78 is 13.5. The Morgan fingerprint density at radius 3 is 2.65 bits per heavy atom. The van der Waals surface area contributed by atoms with Gasteiger partial charge >= 0.3 is 0 Å². The smallest absolute Gasteiger partial charge is 0.224 e. The molecule has 0 spiro atoms. The van der Waals surface area contributed by atoms with Gasteiger partial charge in [0.1, 0.15) is 11.6 Å². The Morgan fingerprint density at radius 2 is 1.95 bits per heavy atom. The molecule has 0 fully saturated rings. The molecule has 0 unspecified atom stereocenters. The Hall–Kier alpha value is -2.07. The van der Waals surface area contributed by atoms with Gasteiger partial charge in [-0.2, -0.15) is 0 Å². The van der Waals surface area contributed by atoms with Crippen LogP contribution in [-0.4, -0.2) is 11.0 Å². The number of aromatic hydroxyl groups is 1. The first-order valence-corrected chi connectivity index (χ1v) is 6.42. The Bertz CT molecular complexity index is 611. The molecule has 104 valence electrons. The van der Waals surface area contributed by atoms with Gasteiger partial charge in [-0.3, -0.25) is 4.79 Å². The van der Waals surface area contributed by atoms with Crippen LogP contribution in [0.15, 0.2) is 42.5 Å². The van der Waals surface area contributed by atoms with Gasteiger partial charge < -0.3 is 10.4 Å². The van der Waals surface area contributed by atoms with E-state index in [1.807, 2.05) is 0 Å². The summed E-state index contributed by atoms with van der Waals surface area (Å²) in [5.41, 5.74) is 0.768. The summed E-state index contributed by atoms with van der Waals surface area (Å²) in [4.78, 5) is 11.8. The number of hydrogen-bond donors (Lipinski definition) is 2. The third-order valence-electron chi connectivity index (χ3n) is 2.87. The number of nitrogens with one attached hydrogen (secondary N) is 1. The van der Waals surface area contributed by atoms with Gasteiger partial charge in [-0.1, -0.05) is 35.9 Å². The normalized spacial score (nSPS) is 10.3. The highest BCUT2D eigenvalue weighted by atomic mass is 35.5. The van der Waals surface area contributed by atoms with Gasteiger partial charge in [-0.25, -0.2) is 4.39 Å². The second kappa shape index (κ2) is 6.39. The van der Waals surface area contributed by atoms with E-state index in [0.717, 1.165) is 0 Å². The molecule has 0 radical (unpaired) electrons. The number of phenols is 1. The van der Waals surface area contributed by atoms with Crippen LogP contribution in [0.1, 0.15) is 11.1 Å². The molecule has 2 rings (SSSR count). The van der Waals surface area contributed by atoms with Crippen LogP contribution >= 0.6 is 11.6 Å². The van der Waals surface area contributed by atoms with Crippen molar-refractivity contribution in [2.24, 2.45) is 0 Å². The molecule has 0 heterocycles. The molecule has 0 aliphatic rings. The zero-order valence-corrected chi connectivity index (χ0v) is 11.3. The van der Waals surface area contributed by atoms with Gasteiger partial charge in [0.2, 0.25) is 5.91 Å². The predicted octanol–water partition coefficient (Wildman–Crippen LogP) is 3.04. The minimum absolute atomic E-state index is 0.108. The lowest BCUT2D eigenvalue weighted by Gasteiger charge is -2.08. The number of hydrogen-bond acceptors (Lipinski definition) is 2. The van der Waals surface area contributed by atoms with Crippen LogP contribution in [0.4, 0.5) is 4.39 Å². The molecule has 0 aliphatic heterocycles. The third kappa shape index (κ3) is 3.48. The van der Waals surface area contributed by atoms with Crippen molar-refractivity contribution in [1.82, 2.24) is 5.32 Å². The van der Waals surface area contributed by atoms with Gasteiger partial charge in [-0.15, -0.1) is 0 Å². The number of rotatable bonds is 4. The molecule has 0 aliphatic carbocycles. The molecule has 0 bridgehead atoms. The number of phenolic OH excluding ortho intramolecular Hbond substituents is 1. The van der Waals surface area contributed by atoms with Crippen molar-refractivity contribution in [3.05, 3.63) is 64.4 Å². The topological polar surface area (TPSA) is 49.3 Å². The fourth-order valence-corrected chi connectivity index (χ4v) is 2.01. The summed E-state index contributed by atoms with van der Waals surface area (Å²) in [5.74, 6) is -0.757. The predicted molar refractivity (Wildman–Crippen MR) is 75.1 cm³/mol. The summed E-state index contributed by atoms with van der Waals surface area (Å²) in [5, 5.41) is 12.4. The minimum Gasteiger partial charge on any atom is -0.508 e. The second-order valence-electron chi connectivity index (χ2n) is 4.28. The molecule has 2 aromatic rings. The van der Waals surface area contributed by atoms with Gasteiger partial charge in [0.15, 0.2) is 0 Å². The van der Waals surface area contributed by atoms with Crippen LogP contribution in [-0.2, 0) is 17.8 Å². The summed E-state index contributed by atoms with van der Waals surface area (Å²) in [6.45, 7) is 0.178. The van der Waals surface area contributed by atoms with Crippen molar-refractivity contribution >= 4 is 17.5 Å². The summed E-state index contributed by atoms with van der Waals surface area (Å²) in [6, 6.07) is 11.0. The molecule has 2 N–H and O–H groups in total. The Labute approximate surface area is 121 Å². The van der Waals surface area contributed by atoms with E-state index in [4.69, 9.17) is 11.6 Å². The Morgan fingerprint density at radius 1 is 1.20 bits per heavy atom. The second-order valence-corrected chi connectivity index (χ2v) is 4.69. The first-order chi connectivity index (χ1) is 9.58. The van der Waals surface area contributed by atoms with E-state index in [0.29, 0.717) is 5.56 Å². The van der Waals surface area contributed by atoms with Gasteiger partial charge in [0, 0.05) is 22.7 Å². The van der Waals surface area contributed by atoms with Crippen LogP contribution in [0, 0.1) is 5.82 Å². The minimum atomic E-state index is -0.504. The fraction of sp³-hybridized carbons (Fsp3) is 0.133. The van der Waals surface area contributed by atoms with E-state index in [2.05, 4.69) is 5.32 Å². The summed E-state index contributed by atoms with van der Waals surface area (Å²) in [7, 11) is 0. The number of halogens is 2. The molecule has 5 heteroatoms. The largest absolute Gasteiger partial charge is 0.508 e. The number of carbonyl (C=O) groups excluding carboxylic acids is 1. The van der Waals surface area contributed by atoms with E-state index in [1.165, 1.54) is 24.3 Å². The first-order valence-electron chi connectivity index (χ1n) is 6.04. The maximum atomic E-state index is 13.5. The van der Waals surface area contributed by atoms with Crippen LogP contribution in [0.3, 0.4) is 0 Å². The molecule has 1 amide bonds. The fourth-order valence-electron chi connectivity index (χ4n) is 1.78. The molecule has 0 atom stereocenters. The van der Waals surface area contributed by atoms with Crippen LogP contribution in [0.25, 0.3) is 0 Å². The maximum Gasteiger partial charge on any atom is 0.224 e. The Balaban J connectivity index is 1.98. The molecule has 0 saturated heterocycles. The highest BCUT2D eigenvalue weighted by Crippen LogP contribution is 2.19. The average molecular weight is 294 g/mol. The molecule has 2 aromatic carbocycles.